The summed E-state index contributed by atoms with van der Waals surface area (Å²) in [5, 5.41) is 1.29. The number of methoxy groups -OCH3 is 1. The average molecular weight is 397 g/mol. The highest BCUT2D eigenvalue weighted by molar-refractivity contribution is 5.85. The molecular weight excluding hydrogens is 368 g/mol. The summed E-state index contributed by atoms with van der Waals surface area (Å²) in [6, 6.07) is 17.0. The number of H-pyrrole nitrogens is 1. The zero-order valence-electron chi connectivity index (χ0n) is 16.5. The summed E-state index contributed by atoms with van der Waals surface area (Å²) in [6.07, 6.45) is 9.30. The summed E-state index contributed by atoms with van der Waals surface area (Å²) in [5.74, 6) is 0.928. The third kappa shape index (κ3) is 4.78. The largest absolute Gasteiger partial charge is 0.497 e. The number of aromatic amines is 1. The Balaban J connectivity index is 0.00000225. The number of benzene rings is 2. The molecule has 0 atom stereocenters. The minimum Gasteiger partial charge on any atom is -0.497 e. The van der Waals surface area contributed by atoms with Gasteiger partial charge in [-0.2, -0.15) is 0 Å². The van der Waals surface area contributed by atoms with Crippen LogP contribution in [0.4, 0.5) is 0 Å². The van der Waals surface area contributed by atoms with E-state index in [1.165, 1.54) is 53.5 Å². The van der Waals surface area contributed by atoms with Crippen LogP contribution in [0.15, 0.2) is 60.8 Å². The molecule has 3 nitrogen and oxygen atoms in total. The van der Waals surface area contributed by atoms with Crippen LogP contribution in [0.5, 0.6) is 5.75 Å². The van der Waals surface area contributed by atoms with E-state index in [0.717, 1.165) is 25.1 Å². The predicted octanol–water partition coefficient (Wildman–Crippen LogP) is 5.71. The fourth-order valence-electron chi connectivity index (χ4n) is 3.97. The number of ether oxygens (including phenoxy) is 1. The first-order valence-corrected chi connectivity index (χ1v) is 9.94. The van der Waals surface area contributed by atoms with Gasteiger partial charge in [-0.15, -0.1) is 12.4 Å². The van der Waals surface area contributed by atoms with Gasteiger partial charge in [0, 0.05) is 30.2 Å². The molecule has 28 heavy (non-hydrogen) atoms. The molecule has 1 aliphatic heterocycles. The van der Waals surface area contributed by atoms with Gasteiger partial charge in [-0.1, -0.05) is 36.4 Å². The second-order valence-electron chi connectivity index (χ2n) is 7.33. The van der Waals surface area contributed by atoms with E-state index in [9.17, 15) is 0 Å². The summed E-state index contributed by atoms with van der Waals surface area (Å²) < 4.78 is 5.37. The van der Waals surface area contributed by atoms with Gasteiger partial charge in [-0.25, -0.2) is 0 Å². The van der Waals surface area contributed by atoms with Crippen molar-refractivity contribution in [3.05, 3.63) is 71.9 Å². The Bertz CT molecular complexity index is 917. The van der Waals surface area contributed by atoms with E-state index in [-0.39, 0.29) is 12.4 Å². The minimum absolute atomic E-state index is 0. The standard InChI is InChI=1S/C24H28N2O.ClH/c1-27-22-10-11-24-23(17-22)21(18-25-24)9-5-6-14-26-15-12-20(13-16-26)19-7-3-2-4-8-19;/h2-4,7-8,10-12,17-18,25H,5-6,9,13-16H2,1H3;1H. The zero-order chi connectivity index (χ0) is 18.5. The van der Waals surface area contributed by atoms with E-state index in [2.05, 4.69) is 64.6 Å². The van der Waals surface area contributed by atoms with Crippen molar-refractivity contribution < 1.29 is 4.74 Å². The second kappa shape index (κ2) is 9.81. The molecule has 0 fully saturated rings. The highest BCUT2D eigenvalue weighted by atomic mass is 35.5. The normalized spacial score (nSPS) is 14.5. The SMILES string of the molecule is COc1ccc2[nH]cc(CCCCN3CC=C(c4ccccc4)CC3)c2c1.Cl. The smallest absolute Gasteiger partial charge is 0.119 e. The molecule has 0 unspecified atom stereocenters. The Hall–Kier alpha value is -2.23. The number of rotatable bonds is 7. The van der Waals surface area contributed by atoms with E-state index in [0.29, 0.717) is 0 Å². The quantitative estimate of drug-likeness (QED) is 0.518. The first-order valence-electron chi connectivity index (χ1n) is 9.94. The molecule has 148 valence electrons. The van der Waals surface area contributed by atoms with Crippen molar-refractivity contribution in [3.8, 4) is 5.75 Å². The molecule has 0 bridgehead atoms. The van der Waals surface area contributed by atoms with Gasteiger partial charge in [-0.3, -0.25) is 4.90 Å². The molecule has 0 amide bonds. The molecular formula is C24H29ClN2O. The Morgan fingerprint density at radius 3 is 2.68 bits per heavy atom. The van der Waals surface area contributed by atoms with E-state index in [1.807, 2.05) is 6.07 Å². The number of aryl methyl sites for hydroxylation is 1. The summed E-state index contributed by atoms with van der Waals surface area (Å²) in [5.41, 5.74) is 5.47. The number of fused-ring (bicyclic) bond motifs is 1. The fourth-order valence-corrected chi connectivity index (χ4v) is 3.97. The number of hydrogen-bond donors (Lipinski definition) is 1. The van der Waals surface area contributed by atoms with Gasteiger partial charge in [0.15, 0.2) is 0 Å². The average Bonchev–Trinajstić information content (AvgIpc) is 3.14. The van der Waals surface area contributed by atoms with Crippen LogP contribution in [-0.2, 0) is 6.42 Å². The number of nitrogens with zero attached hydrogens (tertiary/aromatic N) is 1. The molecule has 4 heteroatoms. The van der Waals surface area contributed by atoms with Crippen LogP contribution >= 0.6 is 12.4 Å². The summed E-state index contributed by atoms with van der Waals surface area (Å²) in [4.78, 5) is 5.95. The third-order valence-electron chi connectivity index (χ3n) is 5.58. The van der Waals surface area contributed by atoms with E-state index < -0.39 is 0 Å². The van der Waals surface area contributed by atoms with Gasteiger partial charge in [0.25, 0.3) is 0 Å². The highest BCUT2D eigenvalue weighted by Gasteiger charge is 2.12. The lowest BCUT2D eigenvalue weighted by Gasteiger charge is -2.26. The lowest BCUT2D eigenvalue weighted by molar-refractivity contribution is 0.295. The van der Waals surface area contributed by atoms with Gasteiger partial charge >= 0.3 is 0 Å². The molecule has 1 N–H and O–H groups in total. The highest BCUT2D eigenvalue weighted by Crippen LogP contribution is 2.25. The molecule has 2 aromatic carbocycles. The molecule has 3 aromatic rings. The molecule has 0 saturated carbocycles. The monoisotopic (exact) mass is 396 g/mol. The molecule has 0 saturated heterocycles. The summed E-state index contributed by atoms with van der Waals surface area (Å²) >= 11 is 0. The number of halogens is 1. The van der Waals surface area contributed by atoms with Crippen molar-refractivity contribution in [1.29, 1.82) is 0 Å². The zero-order valence-corrected chi connectivity index (χ0v) is 17.3. The van der Waals surface area contributed by atoms with Gasteiger partial charge in [0.05, 0.1) is 7.11 Å². The van der Waals surface area contributed by atoms with Gasteiger partial charge in [0.2, 0.25) is 0 Å². The predicted molar refractivity (Wildman–Crippen MR) is 121 cm³/mol. The van der Waals surface area contributed by atoms with Crippen LogP contribution in [0.1, 0.15) is 30.4 Å². The topological polar surface area (TPSA) is 28.3 Å². The van der Waals surface area contributed by atoms with Crippen LogP contribution in [0.3, 0.4) is 0 Å². The summed E-state index contributed by atoms with van der Waals surface area (Å²) in [7, 11) is 1.73. The summed E-state index contributed by atoms with van der Waals surface area (Å²) in [6.45, 7) is 3.43. The molecule has 2 heterocycles. The maximum absolute atomic E-state index is 5.37. The molecule has 1 aromatic heterocycles. The lowest BCUT2D eigenvalue weighted by Crippen LogP contribution is -2.29. The number of nitrogens with one attached hydrogen (secondary N) is 1. The van der Waals surface area contributed by atoms with Crippen LogP contribution in [-0.4, -0.2) is 36.6 Å². The molecule has 0 aliphatic carbocycles. The van der Waals surface area contributed by atoms with Crippen LogP contribution in [0, 0.1) is 0 Å². The minimum atomic E-state index is 0. The fraction of sp³-hybridized carbons (Fsp3) is 0.333. The Labute approximate surface area is 173 Å². The van der Waals surface area contributed by atoms with Crippen LogP contribution < -0.4 is 4.74 Å². The van der Waals surface area contributed by atoms with Gasteiger partial charge < -0.3 is 9.72 Å². The van der Waals surface area contributed by atoms with Crippen LogP contribution in [0.25, 0.3) is 16.5 Å². The van der Waals surface area contributed by atoms with E-state index in [1.54, 1.807) is 7.11 Å². The van der Waals surface area contributed by atoms with Gasteiger partial charge in [-0.05, 0) is 67.1 Å². The Morgan fingerprint density at radius 1 is 1.07 bits per heavy atom. The number of hydrogen-bond acceptors (Lipinski definition) is 2. The molecule has 0 spiro atoms. The second-order valence-corrected chi connectivity index (χ2v) is 7.33. The van der Waals surface area contributed by atoms with Crippen molar-refractivity contribution in [2.75, 3.05) is 26.7 Å². The lowest BCUT2D eigenvalue weighted by atomic mass is 9.99. The maximum atomic E-state index is 5.37. The van der Waals surface area contributed by atoms with Crippen molar-refractivity contribution in [2.45, 2.75) is 25.7 Å². The van der Waals surface area contributed by atoms with E-state index in [4.69, 9.17) is 4.74 Å². The van der Waals surface area contributed by atoms with Crippen molar-refractivity contribution in [3.63, 3.8) is 0 Å². The van der Waals surface area contributed by atoms with Gasteiger partial charge in [0.1, 0.15) is 5.75 Å². The number of unbranched alkanes of at least 4 members (excludes halogenated alkanes) is 1. The first kappa shape index (κ1) is 20.5. The number of aromatic nitrogens is 1. The molecule has 1 aliphatic rings. The van der Waals surface area contributed by atoms with Crippen molar-refractivity contribution in [1.82, 2.24) is 9.88 Å². The Kier molecular flexibility index (Phi) is 7.18. The molecule has 0 radical (unpaired) electrons. The first-order chi connectivity index (χ1) is 13.3. The van der Waals surface area contributed by atoms with E-state index >= 15 is 0 Å². The van der Waals surface area contributed by atoms with Crippen molar-refractivity contribution >= 4 is 28.9 Å². The third-order valence-corrected chi connectivity index (χ3v) is 5.58. The molecule has 4 rings (SSSR count). The van der Waals surface area contributed by atoms with Crippen molar-refractivity contribution in [2.24, 2.45) is 0 Å². The maximum Gasteiger partial charge on any atom is 0.119 e. The Morgan fingerprint density at radius 2 is 1.93 bits per heavy atom. The van der Waals surface area contributed by atoms with Crippen LogP contribution in [0.2, 0.25) is 0 Å².